The summed E-state index contributed by atoms with van der Waals surface area (Å²) >= 11 is 0. The van der Waals surface area contributed by atoms with Crippen molar-refractivity contribution in [3.05, 3.63) is 65.1 Å². The third-order valence-corrected chi connectivity index (χ3v) is 5.32. The van der Waals surface area contributed by atoms with E-state index in [-0.39, 0.29) is 10.7 Å². The molecule has 5 nitrogen and oxygen atoms in total. The minimum atomic E-state index is -3.26. The predicted molar refractivity (Wildman–Crippen MR) is 96.3 cm³/mol. The summed E-state index contributed by atoms with van der Waals surface area (Å²) in [5.74, 6) is -0.857. The van der Waals surface area contributed by atoms with Crippen molar-refractivity contribution in [3.63, 3.8) is 0 Å². The molecule has 3 aromatic rings. The van der Waals surface area contributed by atoms with Crippen molar-refractivity contribution >= 4 is 26.7 Å². The fourth-order valence-electron chi connectivity index (χ4n) is 2.95. The van der Waals surface area contributed by atoms with Gasteiger partial charge in [-0.15, -0.1) is 0 Å². The van der Waals surface area contributed by atoms with Crippen molar-refractivity contribution in [2.24, 2.45) is 0 Å². The second-order valence-corrected chi connectivity index (χ2v) is 8.21. The van der Waals surface area contributed by atoms with Crippen molar-refractivity contribution in [2.45, 2.75) is 25.2 Å². The number of halogens is 1. The Morgan fingerprint density at radius 1 is 1.15 bits per heavy atom. The van der Waals surface area contributed by atoms with Gasteiger partial charge in [-0.05, 0) is 54.8 Å². The van der Waals surface area contributed by atoms with Crippen molar-refractivity contribution in [1.82, 2.24) is 4.73 Å². The quantitative estimate of drug-likeness (QED) is 0.703. The zero-order chi connectivity index (χ0) is 19.1. The Bertz CT molecular complexity index is 1100. The zero-order valence-corrected chi connectivity index (χ0v) is 15.4. The Labute approximate surface area is 150 Å². The van der Waals surface area contributed by atoms with E-state index in [0.29, 0.717) is 23.0 Å². The van der Waals surface area contributed by atoms with Crippen molar-refractivity contribution in [1.29, 1.82) is 0 Å². The summed E-state index contributed by atoms with van der Waals surface area (Å²) in [6.07, 6.45) is 1.60. The molecule has 0 spiro atoms. The van der Waals surface area contributed by atoms with Crippen molar-refractivity contribution in [3.8, 4) is 0 Å². The number of sulfone groups is 1. The van der Waals surface area contributed by atoms with E-state index < -0.39 is 15.8 Å². The third-order valence-electron chi connectivity index (χ3n) is 4.20. The minimum Gasteiger partial charge on any atom is -0.337 e. The maximum atomic E-state index is 13.8. The fraction of sp³-hybridized carbons (Fsp3) is 0.211. The summed E-state index contributed by atoms with van der Waals surface area (Å²) in [7, 11) is -3.26. The molecule has 0 amide bonds. The van der Waals surface area contributed by atoms with Gasteiger partial charge in [0.1, 0.15) is 5.82 Å². The molecule has 136 valence electrons. The molecule has 7 heteroatoms. The highest BCUT2D eigenvalue weighted by molar-refractivity contribution is 7.90. The van der Waals surface area contributed by atoms with E-state index in [1.807, 2.05) is 0 Å². The van der Waals surface area contributed by atoms with Gasteiger partial charge in [-0.2, -0.15) is 4.73 Å². The van der Waals surface area contributed by atoms with Crippen LogP contribution in [-0.4, -0.2) is 25.4 Å². The normalized spacial score (nSPS) is 11.7. The average molecular weight is 375 g/mol. The molecular weight excluding hydrogens is 357 g/mol. The minimum absolute atomic E-state index is 0.242. The van der Waals surface area contributed by atoms with Gasteiger partial charge in [0.2, 0.25) is 0 Å². The van der Waals surface area contributed by atoms with Gasteiger partial charge < -0.3 is 4.84 Å². The van der Waals surface area contributed by atoms with Crippen LogP contribution in [0.4, 0.5) is 4.39 Å². The number of carbonyl (C=O) groups excluding carboxylic acids is 1. The van der Waals surface area contributed by atoms with Gasteiger partial charge in [0.05, 0.1) is 16.1 Å². The lowest BCUT2D eigenvalue weighted by atomic mass is 10.0. The van der Waals surface area contributed by atoms with Crippen molar-refractivity contribution < 1.29 is 22.4 Å². The molecule has 0 radical (unpaired) electrons. The first-order chi connectivity index (χ1) is 12.2. The second kappa shape index (κ2) is 6.57. The molecule has 0 bridgehead atoms. The Kier molecular flexibility index (Phi) is 4.58. The van der Waals surface area contributed by atoms with Crippen LogP contribution in [-0.2, 0) is 21.1 Å². The van der Waals surface area contributed by atoms with Gasteiger partial charge in [-0.3, -0.25) is 0 Å². The Hall–Kier alpha value is -2.67. The monoisotopic (exact) mass is 375 g/mol. The van der Waals surface area contributed by atoms with Crippen LogP contribution >= 0.6 is 0 Å². The van der Waals surface area contributed by atoms with Crippen LogP contribution < -0.4 is 4.84 Å². The van der Waals surface area contributed by atoms with Gasteiger partial charge in [0.25, 0.3) is 0 Å². The molecule has 0 saturated heterocycles. The first-order valence-electron chi connectivity index (χ1n) is 7.94. The lowest BCUT2D eigenvalue weighted by Gasteiger charge is -2.07. The van der Waals surface area contributed by atoms with Gasteiger partial charge in [-0.25, -0.2) is 17.6 Å². The number of hydrogen-bond donors (Lipinski definition) is 0. The molecular formula is C19H18FNO4S. The molecule has 0 N–H and O–H groups in total. The molecule has 0 saturated carbocycles. The van der Waals surface area contributed by atoms with Crippen LogP contribution in [0.25, 0.3) is 10.9 Å². The summed E-state index contributed by atoms with van der Waals surface area (Å²) in [6, 6.07) is 10.8. The van der Waals surface area contributed by atoms with Crippen LogP contribution in [0.15, 0.2) is 47.4 Å². The number of nitrogens with zero attached hydrogens (tertiary/aromatic N) is 1. The molecule has 0 atom stereocenters. The van der Waals surface area contributed by atoms with Gasteiger partial charge >= 0.3 is 5.97 Å². The highest BCUT2D eigenvalue weighted by atomic mass is 32.2. The molecule has 1 aromatic heterocycles. The molecule has 0 unspecified atom stereocenters. The van der Waals surface area contributed by atoms with Crippen LogP contribution in [0.1, 0.15) is 23.7 Å². The highest BCUT2D eigenvalue weighted by Crippen LogP contribution is 2.28. The summed E-state index contributed by atoms with van der Waals surface area (Å²) in [6.45, 7) is 3.10. The highest BCUT2D eigenvalue weighted by Gasteiger charge is 2.17. The predicted octanol–water partition coefficient (Wildman–Crippen LogP) is 3.06. The van der Waals surface area contributed by atoms with Crippen LogP contribution in [0.3, 0.4) is 0 Å². The van der Waals surface area contributed by atoms with E-state index in [1.165, 1.54) is 23.8 Å². The maximum absolute atomic E-state index is 13.8. The zero-order valence-electron chi connectivity index (χ0n) is 14.6. The Morgan fingerprint density at radius 2 is 1.81 bits per heavy atom. The largest absolute Gasteiger partial charge is 0.337 e. The van der Waals surface area contributed by atoms with Crippen LogP contribution in [0.2, 0.25) is 0 Å². The van der Waals surface area contributed by atoms with E-state index in [0.717, 1.165) is 17.4 Å². The Balaban J connectivity index is 2.08. The number of aromatic nitrogens is 1. The Morgan fingerprint density at radius 3 is 2.38 bits per heavy atom. The number of benzene rings is 2. The van der Waals surface area contributed by atoms with E-state index in [4.69, 9.17) is 4.84 Å². The number of carbonyl (C=O) groups is 1. The first kappa shape index (κ1) is 18.1. The van der Waals surface area contributed by atoms with Crippen LogP contribution in [0.5, 0.6) is 0 Å². The topological polar surface area (TPSA) is 65.4 Å². The number of rotatable bonds is 4. The smallest absolute Gasteiger partial charge is 0.329 e. The SMILES string of the molecule is CC(=O)On1c(C)c(Cc2ccc(S(C)(=O)=O)cc2)c2cc(F)ccc21. The second-order valence-electron chi connectivity index (χ2n) is 6.20. The summed E-state index contributed by atoms with van der Waals surface area (Å²) in [5, 5.41) is 0.649. The van der Waals surface area contributed by atoms with E-state index in [2.05, 4.69) is 0 Å². The first-order valence-corrected chi connectivity index (χ1v) is 9.83. The van der Waals surface area contributed by atoms with Gasteiger partial charge in [-0.1, -0.05) is 12.1 Å². The molecule has 1 heterocycles. The summed E-state index contributed by atoms with van der Waals surface area (Å²) in [5.41, 5.74) is 2.97. The van der Waals surface area contributed by atoms with Crippen LogP contribution in [0, 0.1) is 12.7 Å². The molecule has 0 aliphatic rings. The summed E-state index contributed by atoms with van der Waals surface area (Å²) < 4.78 is 38.3. The number of fused-ring (bicyclic) bond motifs is 1. The maximum Gasteiger partial charge on any atom is 0.329 e. The summed E-state index contributed by atoms with van der Waals surface area (Å²) in [4.78, 5) is 16.9. The lowest BCUT2D eigenvalue weighted by Crippen LogP contribution is -2.17. The standard InChI is InChI=1S/C19H18FNO4S/c1-12-17(10-14-4-7-16(8-5-14)26(3,23)24)18-11-15(20)6-9-19(18)21(12)25-13(2)22/h4-9,11H,10H2,1-3H3. The molecule has 0 aliphatic carbocycles. The lowest BCUT2D eigenvalue weighted by molar-refractivity contribution is -0.141. The molecule has 26 heavy (non-hydrogen) atoms. The molecule has 0 fully saturated rings. The molecule has 2 aromatic carbocycles. The molecule has 3 rings (SSSR count). The molecule has 0 aliphatic heterocycles. The van der Waals surface area contributed by atoms with Gasteiger partial charge in [0, 0.05) is 18.6 Å². The van der Waals surface area contributed by atoms with Gasteiger partial charge in [0.15, 0.2) is 9.84 Å². The average Bonchev–Trinajstić information content (AvgIpc) is 2.79. The third kappa shape index (κ3) is 3.48. The van der Waals surface area contributed by atoms with E-state index >= 15 is 0 Å². The van der Waals surface area contributed by atoms with Crippen molar-refractivity contribution in [2.75, 3.05) is 6.26 Å². The fourth-order valence-corrected chi connectivity index (χ4v) is 3.58. The van der Waals surface area contributed by atoms with E-state index in [9.17, 15) is 17.6 Å². The van der Waals surface area contributed by atoms with E-state index in [1.54, 1.807) is 37.3 Å². The number of hydrogen-bond acceptors (Lipinski definition) is 4.